The van der Waals surface area contributed by atoms with Crippen molar-refractivity contribution in [3.8, 4) is 0 Å². The van der Waals surface area contributed by atoms with E-state index in [1.54, 1.807) is 9.47 Å². The third-order valence-electron chi connectivity index (χ3n) is 8.03. The van der Waals surface area contributed by atoms with Crippen molar-refractivity contribution >= 4 is 52.3 Å². The fraction of sp³-hybridized carbons (Fsp3) is 0.444. The van der Waals surface area contributed by atoms with Gasteiger partial charge in [-0.05, 0) is 31.9 Å². The van der Waals surface area contributed by atoms with Crippen molar-refractivity contribution in [1.82, 2.24) is 14.4 Å². The van der Waals surface area contributed by atoms with Crippen LogP contribution in [0.1, 0.15) is 36.2 Å². The van der Waals surface area contributed by atoms with Gasteiger partial charge in [0.1, 0.15) is 17.8 Å². The number of amides is 2. The molecule has 3 fully saturated rings. The predicted molar refractivity (Wildman–Crippen MR) is 141 cm³/mol. The zero-order chi connectivity index (χ0) is 30.0. The number of carbonyl (C=O) groups is 4. The number of piperazine rings is 1. The van der Waals surface area contributed by atoms with Gasteiger partial charge < -0.3 is 44.0 Å². The van der Waals surface area contributed by atoms with Gasteiger partial charge in [-0.15, -0.1) is 0 Å². The summed E-state index contributed by atoms with van der Waals surface area (Å²) in [6, 6.07) is 2.56. The Hall–Kier alpha value is -2.11. The molecule has 222 valence electrons. The molecule has 0 spiro atoms. The van der Waals surface area contributed by atoms with Gasteiger partial charge in [-0.1, -0.05) is 11.8 Å². The normalized spacial score (nSPS) is 21.7. The second-order valence-electron chi connectivity index (χ2n) is 10.7. The number of hydrogen-bond acceptors (Lipinski definition) is 11. The number of ether oxygens (including phenoxy) is 1. The maximum atomic E-state index is 15.2. The van der Waals surface area contributed by atoms with Crippen LogP contribution >= 0.6 is 11.8 Å². The molecule has 0 radical (unpaired) electrons. The summed E-state index contributed by atoms with van der Waals surface area (Å²) in [5, 5.41) is 32.4. The minimum absolute atomic E-state index is 0. The topological polar surface area (TPSA) is 176 Å². The van der Waals surface area contributed by atoms with Gasteiger partial charge in [-0.3, -0.25) is 14.5 Å². The van der Waals surface area contributed by atoms with E-state index in [0.717, 1.165) is 35.6 Å². The van der Waals surface area contributed by atoms with Gasteiger partial charge in [-0.25, -0.2) is 9.18 Å². The Morgan fingerprint density at radius 3 is 2.32 bits per heavy atom. The van der Waals surface area contributed by atoms with E-state index in [2.05, 4.69) is 0 Å². The number of aliphatic hydroxyl groups is 1. The summed E-state index contributed by atoms with van der Waals surface area (Å²) in [7, 11) is 0. The molecular formula is C27H25FN4Na2O9S. The van der Waals surface area contributed by atoms with Crippen LogP contribution in [0.2, 0.25) is 0 Å². The average molecular weight is 647 g/mol. The smallest absolute Gasteiger partial charge is 0.545 e. The maximum absolute atomic E-state index is 15.2. The van der Waals surface area contributed by atoms with Crippen molar-refractivity contribution in [2.45, 2.75) is 37.3 Å². The number of benzene rings is 1. The van der Waals surface area contributed by atoms with E-state index >= 15 is 4.39 Å². The number of pyridine rings is 1. The number of halogens is 1. The number of carboxylic acids is 2. The molecule has 1 N–H and O–H groups in total. The van der Waals surface area contributed by atoms with Crippen LogP contribution < -0.4 is 79.7 Å². The number of carboxylic acid groups (broad SMARTS) is 2. The van der Waals surface area contributed by atoms with Gasteiger partial charge in [0.05, 0.1) is 51.3 Å². The summed E-state index contributed by atoms with van der Waals surface area (Å²) in [6.07, 6.45) is 1.16. The summed E-state index contributed by atoms with van der Waals surface area (Å²) in [5.41, 5.74) is -1.08. The molecular weight excluding hydrogens is 621 g/mol. The van der Waals surface area contributed by atoms with Crippen LogP contribution in [-0.4, -0.2) is 87.7 Å². The Bertz CT molecular complexity index is 1640. The number of hydrogen-bond donors (Lipinski definition) is 1. The number of carbonyl (C=O) groups excluding carboxylic acids is 4. The fourth-order valence-electron chi connectivity index (χ4n) is 5.69. The van der Waals surface area contributed by atoms with E-state index in [-0.39, 0.29) is 113 Å². The van der Waals surface area contributed by atoms with E-state index in [9.17, 15) is 39.3 Å². The quantitative estimate of drug-likeness (QED) is 0.224. The van der Waals surface area contributed by atoms with E-state index in [1.807, 2.05) is 0 Å². The van der Waals surface area contributed by atoms with Gasteiger partial charge >= 0.3 is 65.2 Å². The van der Waals surface area contributed by atoms with Gasteiger partial charge in [0.2, 0.25) is 5.91 Å². The molecule has 1 saturated carbocycles. The Labute approximate surface area is 298 Å². The molecule has 2 saturated heterocycles. The third-order valence-corrected chi connectivity index (χ3v) is 9.37. The Balaban J connectivity index is 0.00000221. The molecule has 1 aromatic heterocycles. The first-order valence-electron chi connectivity index (χ1n) is 13.4. The summed E-state index contributed by atoms with van der Waals surface area (Å²) < 4.78 is 22.3. The monoisotopic (exact) mass is 646 g/mol. The van der Waals surface area contributed by atoms with Crippen LogP contribution in [0.5, 0.6) is 0 Å². The minimum Gasteiger partial charge on any atom is -0.545 e. The Morgan fingerprint density at radius 1 is 1.09 bits per heavy atom. The molecule has 13 nitrogen and oxygen atoms in total. The van der Waals surface area contributed by atoms with Crippen LogP contribution in [0.3, 0.4) is 0 Å². The van der Waals surface area contributed by atoms with Crippen molar-refractivity contribution in [2.75, 3.05) is 37.7 Å². The standard InChI is InChI=1S/C27H27FN4O9S.2Na/c1-12(33)20-23(35)32-21(26(38)39)19(42-24(20)32)11-41-27(40)30-6-4-29(5-7-30)18-9-17-14(8-16(18)28)22(34)15(25(36)37)10-31(17)13-2-3-13;;/h8-10,12-13,20,24,33H,2-7,11H2,1H3,(H,36,37)(H,38,39);;/q;2*+1/p-2/t12-,20?,24-;;/m1../s1. The SMILES string of the molecule is C[C@@H](O)C1C(=O)N2C(C(=O)[O-])=C(COC(=O)N3CCN(c4cc5c(cc4F)c(=O)c(C(=O)[O-])cn5C4CC4)CC3)S[C@H]12.[Na+].[Na+]. The first-order valence-corrected chi connectivity index (χ1v) is 14.2. The van der Waals surface area contributed by atoms with Crippen molar-refractivity contribution in [2.24, 2.45) is 5.92 Å². The van der Waals surface area contributed by atoms with Crippen molar-refractivity contribution in [1.29, 1.82) is 0 Å². The number of anilines is 1. The summed E-state index contributed by atoms with van der Waals surface area (Å²) in [6.45, 7) is 1.82. The molecule has 3 aliphatic heterocycles. The molecule has 1 unspecified atom stereocenters. The van der Waals surface area contributed by atoms with Crippen molar-refractivity contribution < 1.29 is 103 Å². The number of aromatic carboxylic acids is 1. The van der Waals surface area contributed by atoms with Crippen molar-refractivity contribution in [3.05, 3.63) is 50.5 Å². The van der Waals surface area contributed by atoms with Gasteiger partial charge in [-0.2, -0.15) is 0 Å². The zero-order valence-electron chi connectivity index (χ0n) is 24.3. The fourth-order valence-corrected chi connectivity index (χ4v) is 7.21. The van der Waals surface area contributed by atoms with E-state index in [0.29, 0.717) is 5.52 Å². The molecule has 2 amide bonds. The van der Waals surface area contributed by atoms with Crippen LogP contribution in [-0.2, 0) is 14.3 Å². The van der Waals surface area contributed by atoms with Crippen LogP contribution in [0.25, 0.3) is 10.9 Å². The zero-order valence-corrected chi connectivity index (χ0v) is 29.1. The number of aliphatic carboxylic acids is 1. The summed E-state index contributed by atoms with van der Waals surface area (Å²) >= 11 is 1.03. The molecule has 0 bridgehead atoms. The van der Waals surface area contributed by atoms with Gasteiger partial charge in [0, 0.05) is 43.8 Å². The van der Waals surface area contributed by atoms with E-state index in [4.69, 9.17) is 4.74 Å². The predicted octanol–water partition coefficient (Wildman–Crippen LogP) is -7.02. The number of nitrogens with zero attached hydrogens (tertiary/aromatic N) is 4. The second kappa shape index (κ2) is 13.3. The van der Waals surface area contributed by atoms with Crippen LogP contribution in [0.15, 0.2) is 33.7 Å². The number of rotatable bonds is 7. The largest absolute Gasteiger partial charge is 1.00 e. The molecule has 4 heterocycles. The first kappa shape index (κ1) is 34.8. The molecule has 3 atom stereocenters. The summed E-state index contributed by atoms with van der Waals surface area (Å²) in [4.78, 5) is 65.3. The van der Waals surface area contributed by atoms with E-state index < -0.39 is 64.8 Å². The number of aliphatic hydroxyl groups excluding tert-OH is 1. The molecule has 1 aliphatic carbocycles. The molecule has 2 aromatic rings. The molecule has 6 rings (SSSR count). The van der Waals surface area contributed by atoms with Gasteiger partial charge in [0.15, 0.2) is 5.43 Å². The summed E-state index contributed by atoms with van der Waals surface area (Å²) in [5.74, 6) is -5.21. The average Bonchev–Trinajstić information content (AvgIpc) is 3.73. The third kappa shape index (κ3) is 6.05. The Morgan fingerprint density at radius 2 is 1.75 bits per heavy atom. The number of thioether (sulfide) groups is 1. The molecule has 1 aromatic carbocycles. The first-order chi connectivity index (χ1) is 20.0. The molecule has 17 heteroatoms. The van der Waals surface area contributed by atoms with Crippen LogP contribution in [0.4, 0.5) is 14.9 Å². The van der Waals surface area contributed by atoms with E-state index in [1.165, 1.54) is 24.1 Å². The van der Waals surface area contributed by atoms with Gasteiger partial charge in [0.25, 0.3) is 0 Å². The molecule has 44 heavy (non-hydrogen) atoms. The number of β-lactam (4-membered cyclic amide) rings is 1. The second-order valence-corrected chi connectivity index (χ2v) is 11.9. The maximum Gasteiger partial charge on any atom is 1.00 e. The number of aromatic nitrogens is 1. The minimum atomic E-state index is -1.62. The molecule has 4 aliphatic rings. The number of fused-ring (bicyclic) bond motifs is 2. The Kier molecular flexibility index (Phi) is 10.5. The van der Waals surface area contributed by atoms with Crippen LogP contribution in [0, 0.1) is 11.7 Å². The van der Waals surface area contributed by atoms with Crippen molar-refractivity contribution in [3.63, 3.8) is 0 Å².